The molecule has 0 aliphatic carbocycles. The van der Waals surface area contributed by atoms with Crippen LogP contribution in [0.2, 0.25) is 0 Å². The van der Waals surface area contributed by atoms with Gasteiger partial charge in [0.15, 0.2) is 0 Å². The maximum atomic E-state index is 9.93. The average Bonchev–Trinajstić information content (AvgIpc) is 2.34. The van der Waals surface area contributed by atoms with Crippen LogP contribution in [0.25, 0.3) is 0 Å². The first-order valence-electron chi connectivity index (χ1n) is 6.15. The van der Waals surface area contributed by atoms with Crippen LogP contribution in [0.1, 0.15) is 44.8 Å². The lowest BCUT2D eigenvalue weighted by atomic mass is 10.00. The molecule has 0 amide bonds. The molecule has 1 aromatic carbocycles. The highest BCUT2D eigenvalue weighted by molar-refractivity contribution is 5.18. The van der Waals surface area contributed by atoms with Gasteiger partial charge in [0.05, 0.1) is 6.10 Å². The first-order chi connectivity index (χ1) is 8.11. The van der Waals surface area contributed by atoms with Crippen LogP contribution in [0.4, 0.5) is 0 Å². The fraction of sp³-hybridized carbons (Fsp3) is 0.467. The van der Waals surface area contributed by atoms with Crippen molar-refractivity contribution in [3.8, 4) is 0 Å². The lowest BCUT2D eigenvalue weighted by Crippen LogP contribution is -2.17. The Balaban J connectivity index is 2.37. The molecule has 0 spiro atoms. The van der Waals surface area contributed by atoms with Crippen LogP contribution < -0.4 is 0 Å². The summed E-state index contributed by atoms with van der Waals surface area (Å²) in [6, 6.07) is 9.31. The maximum absolute atomic E-state index is 9.93. The zero-order chi connectivity index (χ0) is 12.7. The van der Waals surface area contributed by atoms with E-state index in [1.54, 1.807) is 0 Å². The molecule has 2 heteroatoms. The maximum Gasteiger partial charge on any atom is 0.105 e. The van der Waals surface area contributed by atoms with Gasteiger partial charge < -0.3 is 10.2 Å². The van der Waals surface area contributed by atoms with E-state index in [4.69, 9.17) is 0 Å². The molecule has 0 unspecified atom stereocenters. The average molecular weight is 234 g/mol. The van der Waals surface area contributed by atoms with Gasteiger partial charge >= 0.3 is 0 Å². The minimum atomic E-state index is -0.775. The summed E-state index contributed by atoms with van der Waals surface area (Å²) in [6.45, 7) is 4.13. The van der Waals surface area contributed by atoms with Gasteiger partial charge in [-0.05, 0) is 38.7 Å². The molecule has 0 fully saturated rings. The second-order valence-corrected chi connectivity index (χ2v) is 4.64. The van der Waals surface area contributed by atoms with Crippen molar-refractivity contribution >= 4 is 0 Å². The molecule has 17 heavy (non-hydrogen) atoms. The standard InChI is InChI=1S/C15H22O2/c1-12(2)8-6-7-11-14(16)15(17)13-9-4-3-5-10-13/h3-5,8-10,14-17H,6-7,11H2,1-2H3/t14-,15-/m1/s1. The van der Waals surface area contributed by atoms with E-state index in [-0.39, 0.29) is 0 Å². The van der Waals surface area contributed by atoms with Gasteiger partial charge in [-0.1, -0.05) is 42.0 Å². The van der Waals surface area contributed by atoms with Gasteiger partial charge in [0.1, 0.15) is 6.10 Å². The lowest BCUT2D eigenvalue weighted by Gasteiger charge is -2.17. The van der Waals surface area contributed by atoms with E-state index >= 15 is 0 Å². The monoisotopic (exact) mass is 234 g/mol. The summed E-state index contributed by atoms with van der Waals surface area (Å²) in [7, 11) is 0. The Kier molecular flexibility index (Phi) is 5.95. The van der Waals surface area contributed by atoms with Crippen molar-refractivity contribution in [3.05, 3.63) is 47.5 Å². The van der Waals surface area contributed by atoms with E-state index < -0.39 is 12.2 Å². The molecule has 94 valence electrons. The molecule has 0 saturated carbocycles. The van der Waals surface area contributed by atoms with Gasteiger partial charge in [-0.3, -0.25) is 0 Å². The molecule has 0 radical (unpaired) electrons. The third kappa shape index (κ3) is 5.16. The van der Waals surface area contributed by atoms with Crippen molar-refractivity contribution < 1.29 is 10.2 Å². The van der Waals surface area contributed by atoms with E-state index in [2.05, 4.69) is 19.9 Å². The van der Waals surface area contributed by atoms with Crippen molar-refractivity contribution in [2.75, 3.05) is 0 Å². The van der Waals surface area contributed by atoms with Crippen LogP contribution in [0.5, 0.6) is 0 Å². The topological polar surface area (TPSA) is 40.5 Å². The lowest BCUT2D eigenvalue weighted by molar-refractivity contribution is 0.0125. The molecular formula is C15H22O2. The summed E-state index contributed by atoms with van der Waals surface area (Å²) in [4.78, 5) is 0. The number of aliphatic hydroxyl groups excluding tert-OH is 2. The van der Waals surface area contributed by atoms with Crippen molar-refractivity contribution in [1.82, 2.24) is 0 Å². The van der Waals surface area contributed by atoms with Crippen LogP contribution in [0, 0.1) is 0 Å². The van der Waals surface area contributed by atoms with Gasteiger partial charge in [0, 0.05) is 0 Å². The second kappa shape index (κ2) is 7.25. The molecule has 0 bridgehead atoms. The zero-order valence-corrected chi connectivity index (χ0v) is 10.6. The van der Waals surface area contributed by atoms with E-state index in [0.717, 1.165) is 18.4 Å². The van der Waals surface area contributed by atoms with Gasteiger partial charge in [-0.2, -0.15) is 0 Å². The molecule has 0 heterocycles. The van der Waals surface area contributed by atoms with Crippen molar-refractivity contribution in [2.24, 2.45) is 0 Å². The summed E-state index contributed by atoms with van der Waals surface area (Å²) < 4.78 is 0. The zero-order valence-electron chi connectivity index (χ0n) is 10.6. The van der Waals surface area contributed by atoms with Crippen LogP contribution in [-0.2, 0) is 0 Å². The molecule has 0 aliphatic rings. The number of aliphatic hydroxyl groups is 2. The van der Waals surface area contributed by atoms with Crippen LogP contribution >= 0.6 is 0 Å². The van der Waals surface area contributed by atoms with Gasteiger partial charge in [0.2, 0.25) is 0 Å². The molecule has 0 aromatic heterocycles. The van der Waals surface area contributed by atoms with E-state index in [0.29, 0.717) is 6.42 Å². The Morgan fingerprint density at radius 3 is 2.41 bits per heavy atom. The fourth-order valence-electron chi connectivity index (χ4n) is 1.75. The number of allylic oxidation sites excluding steroid dienone is 2. The Bertz CT molecular complexity index is 339. The van der Waals surface area contributed by atoms with Crippen LogP contribution in [0.3, 0.4) is 0 Å². The number of benzene rings is 1. The number of hydrogen-bond acceptors (Lipinski definition) is 2. The molecule has 0 aliphatic heterocycles. The summed E-state index contributed by atoms with van der Waals surface area (Å²) >= 11 is 0. The van der Waals surface area contributed by atoms with Crippen LogP contribution in [-0.4, -0.2) is 16.3 Å². The summed E-state index contributed by atoms with van der Waals surface area (Å²) in [5.41, 5.74) is 2.07. The molecule has 2 atom stereocenters. The predicted octanol–water partition coefficient (Wildman–Crippen LogP) is 3.22. The predicted molar refractivity (Wildman–Crippen MR) is 70.7 cm³/mol. The highest BCUT2D eigenvalue weighted by Crippen LogP contribution is 2.20. The van der Waals surface area contributed by atoms with Crippen molar-refractivity contribution in [1.29, 1.82) is 0 Å². The van der Waals surface area contributed by atoms with Gasteiger partial charge in [0.25, 0.3) is 0 Å². The van der Waals surface area contributed by atoms with Gasteiger partial charge in [-0.25, -0.2) is 0 Å². The minimum Gasteiger partial charge on any atom is -0.390 e. The first kappa shape index (κ1) is 13.9. The minimum absolute atomic E-state index is 0.625. The summed E-state index contributed by atoms with van der Waals surface area (Å²) in [6.07, 6.45) is 3.18. The first-order valence-corrected chi connectivity index (χ1v) is 6.15. The van der Waals surface area contributed by atoms with E-state index in [1.165, 1.54) is 5.57 Å². The Morgan fingerprint density at radius 1 is 1.18 bits per heavy atom. The number of rotatable bonds is 6. The van der Waals surface area contributed by atoms with Crippen molar-refractivity contribution in [2.45, 2.75) is 45.3 Å². The van der Waals surface area contributed by atoms with Gasteiger partial charge in [-0.15, -0.1) is 0 Å². The smallest absolute Gasteiger partial charge is 0.105 e. The summed E-state index contributed by atoms with van der Waals surface area (Å²) in [5.74, 6) is 0. The van der Waals surface area contributed by atoms with E-state index in [9.17, 15) is 10.2 Å². The number of unbranched alkanes of at least 4 members (excludes halogenated alkanes) is 1. The summed E-state index contributed by atoms with van der Waals surface area (Å²) in [5, 5.41) is 19.8. The molecule has 1 rings (SSSR count). The highest BCUT2D eigenvalue weighted by atomic mass is 16.3. The largest absolute Gasteiger partial charge is 0.390 e. The van der Waals surface area contributed by atoms with Crippen molar-refractivity contribution in [3.63, 3.8) is 0 Å². The molecule has 2 N–H and O–H groups in total. The van der Waals surface area contributed by atoms with E-state index in [1.807, 2.05) is 30.3 Å². The molecule has 2 nitrogen and oxygen atoms in total. The molecule has 1 aromatic rings. The fourth-order valence-corrected chi connectivity index (χ4v) is 1.75. The SMILES string of the molecule is CC(C)=CCCC[C@@H](O)[C@H](O)c1ccccc1. The highest BCUT2D eigenvalue weighted by Gasteiger charge is 2.16. The molecule has 0 saturated heterocycles. The Morgan fingerprint density at radius 2 is 1.82 bits per heavy atom. The third-order valence-electron chi connectivity index (χ3n) is 2.76. The number of hydrogen-bond donors (Lipinski definition) is 2. The Hall–Kier alpha value is -1.12. The molecular weight excluding hydrogens is 212 g/mol. The third-order valence-corrected chi connectivity index (χ3v) is 2.76. The van der Waals surface area contributed by atoms with Crippen LogP contribution in [0.15, 0.2) is 42.0 Å². The Labute approximate surface area is 104 Å². The quantitative estimate of drug-likeness (QED) is 0.586. The normalized spacial score (nSPS) is 14.1. The second-order valence-electron chi connectivity index (χ2n) is 4.64.